The lowest BCUT2D eigenvalue weighted by Crippen LogP contribution is -2.30. The summed E-state index contributed by atoms with van der Waals surface area (Å²) in [5.74, 6) is 3.15. The van der Waals surface area contributed by atoms with Gasteiger partial charge in [0.15, 0.2) is 11.5 Å². The standard InChI is InChI=1S/C24H27NO5/c1-16(26)12-25(13-17-7-9-21-23(11-17)30-15-29-21)14-18-8-10-20(27-2)19-5-4-6-22(28-3)24(18)19/h4-11,16,26H,12-15H2,1-3H3/t16-/m0/s1. The van der Waals surface area contributed by atoms with Crippen LogP contribution in [0.1, 0.15) is 18.1 Å². The number of aliphatic hydroxyl groups is 1. The minimum absolute atomic E-state index is 0.258. The van der Waals surface area contributed by atoms with Crippen molar-refractivity contribution in [1.82, 2.24) is 4.90 Å². The molecule has 1 aliphatic rings. The Morgan fingerprint density at radius 3 is 2.53 bits per heavy atom. The smallest absolute Gasteiger partial charge is 0.231 e. The highest BCUT2D eigenvalue weighted by molar-refractivity contribution is 5.95. The largest absolute Gasteiger partial charge is 0.496 e. The average molecular weight is 409 g/mol. The Labute approximate surface area is 176 Å². The van der Waals surface area contributed by atoms with Crippen LogP contribution in [-0.2, 0) is 13.1 Å². The fourth-order valence-corrected chi connectivity index (χ4v) is 3.99. The van der Waals surface area contributed by atoms with Gasteiger partial charge >= 0.3 is 0 Å². The van der Waals surface area contributed by atoms with E-state index in [0.29, 0.717) is 19.6 Å². The second-order valence-electron chi connectivity index (χ2n) is 7.52. The number of nitrogens with zero attached hydrogens (tertiary/aromatic N) is 1. The van der Waals surface area contributed by atoms with Gasteiger partial charge in [-0.2, -0.15) is 0 Å². The summed E-state index contributed by atoms with van der Waals surface area (Å²) < 4.78 is 22.1. The minimum Gasteiger partial charge on any atom is -0.496 e. The number of rotatable bonds is 8. The van der Waals surface area contributed by atoms with E-state index in [4.69, 9.17) is 18.9 Å². The Kier molecular flexibility index (Phi) is 5.97. The fraction of sp³-hybridized carbons (Fsp3) is 0.333. The molecule has 1 atom stereocenters. The van der Waals surface area contributed by atoms with E-state index in [2.05, 4.69) is 11.0 Å². The maximum absolute atomic E-state index is 10.1. The van der Waals surface area contributed by atoms with Gasteiger partial charge in [0.05, 0.1) is 20.3 Å². The van der Waals surface area contributed by atoms with Crippen molar-refractivity contribution in [3.63, 3.8) is 0 Å². The highest BCUT2D eigenvalue weighted by Crippen LogP contribution is 2.36. The lowest BCUT2D eigenvalue weighted by molar-refractivity contribution is 0.118. The van der Waals surface area contributed by atoms with Gasteiger partial charge in [-0.15, -0.1) is 0 Å². The van der Waals surface area contributed by atoms with Gasteiger partial charge in [0, 0.05) is 30.4 Å². The molecule has 0 aromatic heterocycles. The predicted octanol–water partition coefficient (Wildman–Crippen LogP) is 3.97. The topological polar surface area (TPSA) is 60.4 Å². The van der Waals surface area contributed by atoms with Crippen LogP contribution < -0.4 is 18.9 Å². The highest BCUT2D eigenvalue weighted by Gasteiger charge is 2.18. The molecular formula is C24H27NO5. The summed E-state index contributed by atoms with van der Waals surface area (Å²) in [6.07, 6.45) is -0.453. The Hall–Kier alpha value is -2.96. The van der Waals surface area contributed by atoms with E-state index in [1.165, 1.54) is 0 Å². The Morgan fingerprint density at radius 2 is 1.77 bits per heavy atom. The molecule has 158 valence electrons. The third-order valence-electron chi connectivity index (χ3n) is 5.25. The predicted molar refractivity (Wildman–Crippen MR) is 115 cm³/mol. The van der Waals surface area contributed by atoms with E-state index in [1.54, 1.807) is 21.1 Å². The summed E-state index contributed by atoms with van der Waals surface area (Å²) in [7, 11) is 3.35. The monoisotopic (exact) mass is 409 g/mol. The summed E-state index contributed by atoms with van der Waals surface area (Å²) in [5.41, 5.74) is 2.22. The van der Waals surface area contributed by atoms with Crippen molar-refractivity contribution in [3.8, 4) is 23.0 Å². The van der Waals surface area contributed by atoms with Gasteiger partial charge in [-0.3, -0.25) is 4.90 Å². The van der Waals surface area contributed by atoms with Gasteiger partial charge in [0.2, 0.25) is 6.79 Å². The molecule has 30 heavy (non-hydrogen) atoms. The van der Waals surface area contributed by atoms with Crippen molar-refractivity contribution in [1.29, 1.82) is 0 Å². The molecule has 1 aliphatic heterocycles. The lowest BCUT2D eigenvalue weighted by Gasteiger charge is -2.25. The third kappa shape index (κ3) is 4.15. The minimum atomic E-state index is -0.453. The molecule has 3 aromatic carbocycles. The van der Waals surface area contributed by atoms with Crippen molar-refractivity contribution >= 4 is 10.8 Å². The molecule has 1 heterocycles. The van der Waals surface area contributed by atoms with Gasteiger partial charge in [-0.25, -0.2) is 0 Å². The molecule has 0 fully saturated rings. The zero-order valence-electron chi connectivity index (χ0n) is 17.6. The number of hydrogen-bond donors (Lipinski definition) is 1. The summed E-state index contributed by atoms with van der Waals surface area (Å²) in [6.45, 7) is 3.93. The molecule has 6 heteroatoms. The maximum Gasteiger partial charge on any atom is 0.231 e. The van der Waals surface area contributed by atoms with Crippen LogP contribution in [0.4, 0.5) is 0 Å². The summed E-state index contributed by atoms with van der Waals surface area (Å²) in [4.78, 5) is 2.22. The van der Waals surface area contributed by atoms with Gasteiger partial charge in [0.25, 0.3) is 0 Å². The van der Waals surface area contributed by atoms with E-state index in [-0.39, 0.29) is 6.79 Å². The molecule has 4 rings (SSSR count). The molecule has 0 bridgehead atoms. The van der Waals surface area contributed by atoms with Crippen molar-refractivity contribution in [3.05, 3.63) is 59.7 Å². The first-order valence-corrected chi connectivity index (χ1v) is 10.0. The van der Waals surface area contributed by atoms with Crippen molar-refractivity contribution in [2.75, 3.05) is 27.6 Å². The Bertz CT molecular complexity index is 1030. The molecule has 1 N–H and O–H groups in total. The first-order valence-electron chi connectivity index (χ1n) is 10.0. The first-order chi connectivity index (χ1) is 14.6. The number of hydrogen-bond acceptors (Lipinski definition) is 6. The maximum atomic E-state index is 10.1. The summed E-state index contributed by atoms with van der Waals surface area (Å²) >= 11 is 0. The van der Waals surface area contributed by atoms with Crippen molar-refractivity contribution in [2.45, 2.75) is 26.1 Å². The summed E-state index contributed by atoms with van der Waals surface area (Å²) in [6, 6.07) is 16.0. The van der Waals surface area contributed by atoms with Crippen LogP contribution in [0, 0.1) is 0 Å². The average Bonchev–Trinajstić information content (AvgIpc) is 3.21. The zero-order chi connectivity index (χ0) is 21.1. The van der Waals surface area contributed by atoms with Crippen molar-refractivity contribution < 1.29 is 24.1 Å². The van der Waals surface area contributed by atoms with Crippen LogP contribution in [0.15, 0.2) is 48.5 Å². The van der Waals surface area contributed by atoms with Crippen LogP contribution in [0.25, 0.3) is 10.8 Å². The molecule has 0 aliphatic carbocycles. The van der Waals surface area contributed by atoms with E-state index in [0.717, 1.165) is 44.9 Å². The second-order valence-corrected chi connectivity index (χ2v) is 7.52. The molecule has 0 amide bonds. The molecular weight excluding hydrogens is 382 g/mol. The Balaban J connectivity index is 1.67. The number of ether oxygens (including phenoxy) is 4. The fourth-order valence-electron chi connectivity index (χ4n) is 3.99. The third-order valence-corrected chi connectivity index (χ3v) is 5.25. The highest BCUT2D eigenvalue weighted by atomic mass is 16.7. The molecule has 0 saturated heterocycles. The summed E-state index contributed by atoms with van der Waals surface area (Å²) in [5, 5.41) is 12.1. The van der Waals surface area contributed by atoms with E-state index >= 15 is 0 Å². The normalized spacial score (nSPS) is 13.6. The van der Waals surface area contributed by atoms with Gasteiger partial charge < -0.3 is 24.1 Å². The van der Waals surface area contributed by atoms with E-state index < -0.39 is 6.10 Å². The SMILES string of the molecule is COc1ccc(CN(Cc2ccc3c(c2)OCO3)C[C@H](C)O)c2c(OC)cccc12. The zero-order valence-corrected chi connectivity index (χ0v) is 17.6. The first kappa shape index (κ1) is 20.3. The molecule has 0 unspecified atom stereocenters. The molecule has 0 spiro atoms. The molecule has 6 nitrogen and oxygen atoms in total. The van der Waals surface area contributed by atoms with Gasteiger partial charge in [-0.1, -0.05) is 24.3 Å². The number of aliphatic hydroxyl groups excluding tert-OH is 1. The van der Waals surface area contributed by atoms with Crippen LogP contribution in [0.3, 0.4) is 0 Å². The van der Waals surface area contributed by atoms with Crippen LogP contribution >= 0.6 is 0 Å². The Morgan fingerprint density at radius 1 is 0.967 bits per heavy atom. The molecule has 3 aromatic rings. The quantitative estimate of drug-likeness (QED) is 0.608. The second kappa shape index (κ2) is 8.81. The van der Waals surface area contributed by atoms with Crippen molar-refractivity contribution in [2.24, 2.45) is 0 Å². The van der Waals surface area contributed by atoms with E-state index in [9.17, 15) is 5.11 Å². The number of methoxy groups -OCH3 is 2. The van der Waals surface area contributed by atoms with Gasteiger partial charge in [0.1, 0.15) is 11.5 Å². The number of fused-ring (bicyclic) bond motifs is 2. The van der Waals surface area contributed by atoms with Crippen LogP contribution in [0.2, 0.25) is 0 Å². The lowest BCUT2D eigenvalue weighted by atomic mass is 10.0. The van der Waals surface area contributed by atoms with Gasteiger partial charge in [-0.05, 0) is 42.3 Å². The molecule has 0 saturated carbocycles. The molecule has 0 radical (unpaired) electrons. The number of benzene rings is 3. The van der Waals surface area contributed by atoms with E-state index in [1.807, 2.05) is 42.5 Å². The van der Waals surface area contributed by atoms with Crippen LogP contribution in [-0.4, -0.2) is 43.7 Å². The van der Waals surface area contributed by atoms with Crippen LogP contribution in [0.5, 0.6) is 23.0 Å².